The van der Waals surface area contributed by atoms with Crippen molar-refractivity contribution in [3.05, 3.63) is 0 Å². The van der Waals surface area contributed by atoms with Crippen LogP contribution < -0.4 is 11.1 Å². The number of nitrogens with two attached hydrogens (primary N) is 1. The Kier molecular flexibility index (Phi) is 2.45. The molecule has 0 aliphatic rings. The van der Waals surface area contributed by atoms with Crippen LogP contribution in [0.4, 0.5) is 9.59 Å². The Bertz CT molecular complexity index is 574. The fraction of sp³-hybridized carbons (Fsp3) is 0.833. The number of alkyl carbamates (subject to hydrolysis) is 1. The van der Waals surface area contributed by atoms with Crippen molar-refractivity contribution in [1.29, 1.82) is 0 Å². The molecular weight excluding hydrogens is 236 g/mol. The van der Waals surface area contributed by atoms with Gasteiger partial charge in [0.25, 0.3) is 0 Å². The van der Waals surface area contributed by atoms with Gasteiger partial charge in [-0.25, -0.2) is 9.59 Å². The normalized spacial score (nSPS) is 25.8. The van der Waals surface area contributed by atoms with Crippen molar-refractivity contribution in [3.63, 3.8) is 0 Å². The third kappa shape index (κ3) is 7.76. The number of primary amides is 1. The third-order valence-corrected chi connectivity index (χ3v) is 1.74. The van der Waals surface area contributed by atoms with Crippen molar-refractivity contribution in [2.75, 3.05) is 13.2 Å². The molecule has 2 amide bonds. The summed E-state index contributed by atoms with van der Waals surface area (Å²) in [5.74, 6) is 0. The van der Waals surface area contributed by atoms with Crippen molar-refractivity contribution in [2.45, 2.75) is 46.4 Å². The van der Waals surface area contributed by atoms with Crippen molar-refractivity contribution < 1.29 is 34.1 Å². The zero-order valence-corrected chi connectivity index (χ0v) is 9.91. The Labute approximate surface area is 124 Å². The quantitative estimate of drug-likeness (QED) is 0.741. The summed E-state index contributed by atoms with van der Waals surface area (Å²) >= 11 is 0. The predicted molar refractivity (Wildman–Crippen MR) is 68.2 cm³/mol. The number of hydrogen-bond acceptors (Lipinski definition) is 4. The number of hydrogen-bond donors (Lipinski definition) is 2. The minimum atomic E-state index is -3.20. The van der Waals surface area contributed by atoms with Gasteiger partial charge in [0.05, 0.1) is 2.74 Å². The summed E-state index contributed by atoms with van der Waals surface area (Å²) in [7, 11) is 0. The zero-order chi connectivity index (χ0) is 23.5. The Morgan fingerprint density at radius 3 is 2.72 bits per heavy atom. The van der Waals surface area contributed by atoms with Gasteiger partial charge in [0.15, 0.2) is 0 Å². The molecule has 18 heavy (non-hydrogen) atoms. The molecule has 0 aliphatic carbocycles. The number of amides is 2. The molecule has 0 saturated heterocycles. The standard InChI is InChI=1S/C12H24N2O4/c1-5-6-12(4,7-17-10(13)15)8-18-11(16)14-9(2)3/h9H,5-8H2,1-4H3,(H2,13,15)(H,14,16)/i2D3,3D3,4D3,7D2. The van der Waals surface area contributed by atoms with E-state index < -0.39 is 63.8 Å². The van der Waals surface area contributed by atoms with Gasteiger partial charge < -0.3 is 20.5 Å². The molecule has 0 saturated carbocycles. The molecule has 1 unspecified atom stereocenters. The van der Waals surface area contributed by atoms with Gasteiger partial charge in [-0.3, -0.25) is 0 Å². The zero-order valence-electron chi connectivity index (χ0n) is 20.9. The molecule has 0 fully saturated rings. The molecule has 0 aromatic rings. The fourth-order valence-corrected chi connectivity index (χ4v) is 1.08. The Morgan fingerprint density at radius 2 is 2.22 bits per heavy atom. The van der Waals surface area contributed by atoms with E-state index in [4.69, 9.17) is 25.5 Å². The fourth-order valence-electron chi connectivity index (χ4n) is 1.08. The van der Waals surface area contributed by atoms with E-state index in [1.807, 2.05) is 0 Å². The van der Waals surface area contributed by atoms with E-state index in [0.29, 0.717) is 0 Å². The van der Waals surface area contributed by atoms with Gasteiger partial charge in [0.2, 0.25) is 0 Å². The second-order valence-corrected chi connectivity index (χ2v) is 3.51. The number of ether oxygens (including phenoxy) is 2. The summed E-state index contributed by atoms with van der Waals surface area (Å²) in [5.41, 5.74) is 2.24. The average Bonchev–Trinajstić information content (AvgIpc) is 2.43. The first kappa shape index (κ1) is 5.67. The molecule has 0 aromatic heterocycles. The summed E-state index contributed by atoms with van der Waals surface area (Å²) in [6, 6.07) is -2.31. The van der Waals surface area contributed by atoms with Crippen LogP contribution in [0.1, 0.15) is 55.4 Å². The molecule has 0 bridgehead atoms. The molecule has 0 rings (SSSR count). The lowest BCUT2D eigenvalue weighted by atomic mass is 9.87. The highest BCUT2D eigenvalue weighted by molar-refractivity contribution is 5.67. The van der Waals surface area contributed by atoms with E-state index in [1.54, 1.807) is 5.32 Å². The van der Waals surface area contributed by atoms with Crippen LogP contribution in [0.3, 0.4) is 0 Å². The van der Waals surface area contributed by atoms with Crippen LogP contribution in [0.15, 0.2) is 0 Å². The molecule has 0 radical (unpaired) electrons. The monoisotopic (exact) mass is 271 g/mol. The highest BCUT2D eigenvalue weighted by atomic mass is 16.6. The Morgan fingerprint density at radius 1 is 1.50 bits per heavy atom. The summed E-state index contributed by atoms with van der Waals surface area (Å²) in [4.78, 5) is 23.0. The van der Waals surface area contributed by atoms with Gasteiger partial charge in [-0.15, -0.1) is 0 Å². The van der Waals surface area contributed by atoms with Crippen molar-refractivity contribution in [2.24, 2.45) is 11.1 Å². The maximum absolute atomic E-state index is 12.0. The average molecular weight is 271 g/mol. The van der Waals surface area contributed by atoms with Crippen LogP contribution in [-0.4, -0.2) is 31.4 Å². The number of carbonyl (C=O) groups is 2. The maximum Gasteiger partial charge on any atom is 0.407 e. The largest absolute Gasteiger partial charge is 0.449 e. The van der Waals surface area contributed by atoms with E-state index in [1.165, 1.54) is 6.92 Å². The van der Waals surface area contributed by atoms with Gasteiger partial charge in [0, 0.05) is 23.8 Å². The Hall–Kier alpha value is -1.46. The summed E-state index contributed by atoms with van der Waals surface area (Å²) < 4.78 is 91.2. The molecule has 0 aromatic carbocycles. The second kappa shape index (κ2) is 7.79. The lowest BCUT2D eigenvalue weighted by molar-refractivity contribution is 0.0333. The minimum absolute atomic E-state index is 0.0676. The van der Waals surface area contributed by atoms with Crippen LogP contribution in [0.5, 0.6) is 0 Å². The summed E-state index contributed by atoms with van der Waals surface area (Å²) in [6.07, 6.45) is -3.58. The maximum atomic E-state index is 12.0. The van der Waals surface area contributed by atoms with Crippen LogP contribution >= 0.6 is 0 Å². The topological polar surface area (TPSA) is 90.7 Å². The van der Waals surface area contributed by atoms with Crippen molar-refractivity contribution in [3.8, 4) is 0 Å². The molecule has 1 atom stereocenters. The first-order valence-electron chi connectivity index (χ1n) is 10.6. The molecule has 0 heterocycles. The first-order chi connectivity index (χ1) is 12.7. The summed E-state index contributed by atoms with van der Waals surface area (Å²) in [6.45, 7) is -12.3. The minimum Gasteiger partial charge on any atom is -0.449 e. The van der Waals surface area contributed by atoms with Crippen LogP contribution in [0.2, 0.25) is 0 Å². The smallest absolute Gasteiger partial charge is 0.407 e. The molecule has 0 aliphatic heterocycles. The highest BCUT2D eigenvalue weighted by Crippen LogP contribution is 2.24. The Balaban J connectivity index is 5.79. The van der Waals surface area contributed by atoms with E-state index in [0.717, 1.165) is 0 Å². The summed E-state index contributed by atoms with van der Waals surface area (Å²) in [5, 5.41) is 1.63. The van der Waals surface area contributed by atoms with Gasteiger partial charge in [-0.2, -0.15) is 0 Å². The van der Waals surface area contributed by atoms with Crippen LogP contribution in [-0.2, 0) is 9.47 Å². The van der Waals surface area contributed by atoms with Crippen LogP contribution in [0, 0.1) is 5.41 Å². The van der Waals surface area contributed by atoms with Gasteiger partial charge in [0.1, 0.15) is 13.2 Å². The van der Waals surface area contributed by atoms with Gasteiger partial charge >= 0.3 is 12.2 Å². The van der Waals surface area contributed by atoms with E-state index in [9.17, 15) is 9.59 Å². The van der Waals surface area contributed by atoms with Gasteiger partial charge in [-0.05, 0) is 20.1 Å². The number of rotatable bonds is 7. The highest BCUT2D eigenvalue weighted by Gasteiger charge is 2.27. The lowest BCUT2D eigenvalue weighted by Crippen LogP contribution is -2.37. The van der Waals surface area contributed by atoms with Gasteiger partial charge in [-0.1, -0.05) is 20.2 Å². The molecular formula is C12H24N2O4. The van der Waals surface area contributed by atoms with E-state index >= 15 is 0 Å². The first-order valence-corrected chi connectivity index (χ1v) is 5.13. The molecule has 6 nitrogen and oxygen atoms in total. The van der Waals surface area contributed by atoms with E-state index in [2.05, 4.69) is 4.74 Å². The predicted octanol–water partition coefficient (Wildman–Crippen LogP) is 2.02. The molecule has 106 valence electrons. The van der Waals surface area contributed by atoms with Crippen LogP contribution in [0.25, 0.3) is 0 Å². The molecule has 0 spiro atoms. The molecule has 6 heteroatoms. The molecule has 3 N–H and O–H groups in total. The van der Waals surface area contributed by atoms with E-state index in [-0.39, 0.29) is 6.42 Å². The number of carbonyl (C=O) groups excluding carboxylic acids is 2. The lowest BCUT2D eigenvalue weighted by Gasteiger charge is -2.27. The van der Waals surface area contributed by atoms with Crippen molar-refractivity contribution in [1.82, 2.24) is 5.32 Å². The number of nitrogens with one attached hydrogen (secondary N) is 1. The SMILES string of the molecule is [2H]C([2H])([2H])C(NC(=O)OCC(CCC)(C([2H])([2H])[2H])C([2H])([2H])OC(N)=O)C([2H])([2H])[2H]. The van der Waals surface area contributed by atoms with Crippen molar-refractivity contribution >= 4 is 12.2 Å². The second-order valence-electron chi connectivity index (χ2n) is 3.51. The third-order valence-electron chi connectivity index (χ3n) is 1.74.